The Morgan fingerprint density at radius 3 is 2.29 bits per heavy atom. The standard InChI is InChI=1S/C12H21NO/c1-13-8-3-6-11(7-9-13)12(14)10-4-2-5-10/h10-11H,2-9H2,1H3. The van der Waals surface area contributed by atoms with Gasteiger partial charge in [-0.05, 0) is 52.2 Å². The molecule has 2 fully saturated rings. The van der Waals surface area contributed by atoms with Gasteiger partial charge >= 0.3 is 0 Å². The van der Waals surface area contributed by atoms with Crippen LogP contribution in [0.4, 0.5) is 0 Å². The first-order valence-electron chi connectivity index (χ1n) is 5.99. The second kappa shape index (κ2) is 4.43. The Morgan fingerprint density at radius 2 is 1.64 bits per heavy atom. The second-order valence-corrected chi connectivity index (χ2v) is 4.96. The van der Waals surface area contributed by atoms with E-state index in [4.69, 9.17) is 0 Å². The molecule has 0 bridgehead atoms. The number of hydrogen-bond donors (Lipinski definition) is 0. The van der Waals surface area contributed by atoms with Crippen LogP contribution < -0.4 is 0 Å². The molecule has 0 radical (unpaired) electrons. The van der Waals surface area contributed by atoms with Crippen molar-refractivity contribution in [3.05, 3.63) is 0 Å². The fourth-order valence-electron chi connectivity index (χ4n) is 2.55. The van der Waals surface area contributed by atoms with Gasteiger partial charge in [0.25, 0.3) is 0 Å². The van der Waals surface area contributed by atoms with Crippen LogP contribution in [0.25, 0.3) is 0 Å². The SMILES string of the molecule is CN1CCCC(C(=O)C2CCC2)CC1. The average Bonchev–Trinajstić information content (AvgIpc) is 2.26. The Balaban J connectivity index is 1.86. The molecule has 0 aromatic carbocycles. The van der Waals surface area contributed by atoms with Gasteiger partial charge in [0.2, 0.25) is 0 Å². The van der Waals surface area contributed by atoms with Crippen LogP contribution >= 0.6 is 0 Å². The normalized spacial score (nSPS) is 30.8. The molecule has 2 nitrogen and oxygen atoms in total. The molecule has 2 rings (SSSR count). The molecule has 2 aliphatic rings. The lowest BCUT2D eigenvalue weighted by molar-refractivity contribution is -0.129. The number of likely N-dealkylation sites (tertiary alicyclic amines) is 1. The minimum Gasteiger partial charge on any atom is -0.306 e. The van der Waals surface area contributed by atoms with Crippen molar-refractivity contribution in [3.8, 4) is 0 Å². The van der Waals surface area contributed by atoms with Gasteiger partial charge in [0.1, 0.15) is 5.78 Å². The first-order valence-corrected chi connectivity index (χ1v) is 5.99. The van der Waals surface area contributed by atoms with E-state index < -0.39 is 0 Å². The van der Waals surface area contributed by atoms with Crippen LogP contribution in [0.3, 0.4) is 0 Å². The predicted octanol–water partition coefficient (Wildman–Crippen LogP) is 2.09. The van der Waals surface area contributed by atoms with Crippen molar-refractivity contribution >= 4 is 5.78 Å². The van der Waals surface area contributed by atoms with Crippen LogP contribution in [-0.4, -0.2) is 30.8 Å². The molecule has 1 saturated heterocycles. The molecule has 0 spiro atoms. The quantitative estimate of drug-likeness (QED) is 0.672. The van der Waals surface area contributed by atoms with Gasteiger partial charge in [-0.3, -0.25) is 4.79 Å². The molecule has 1 heterocycles. The van der Waals surface area contributed by atoms with Crippen LogP contribution in [0.2, 0.25) is 0 Å². The summed E-state index contributed by atoms with van der Waals surface area (Å²) in [7, 11) is 2.16. The van der Waals surface area contributed by atoms with Crippen LogP contribution in [0, 0.1) is 11.8 Å². The molecule has 0 aromatic heterocycles. The highest BCUT2D eigenvalue weighted by Crippen LogP contribution is 2.32. The summed E-state index contributed by atoms with van der Waals surface area (Å²) in [6.07, 6.45) is 7.07. The second-order valence-electron chi connectivity index (χ2n) is 4.96. The summed E-state index contributed by atoms with van der Waals surface area (Å²) >= 11 is 0. The van der Waals surface area contributed by atoms with Crippen LogP contribution in [0.1, 0.15) is 38.5 Å². The van der Waals surface area contributed by atoms with E-state index in [0.29, 0.717) is 17.6 Å². The van der Waals surface area contributed by atoms with Gasteiger partial charge < -0.3 is 4.90 Å². The Bertz CT molecular complexity index is 210. The zero-order chi connectivity index (χ0) is 9.97. The van der Waals surface area contributed by atoms with E-state index in [1.807, 2.05) is 0 Å². The summed E-state index contributed by atoms with van der Waals surface area (Å²) < 4.78 is 0. The van der Waals surface area contributed by atoms with E-state index in [9.17, 15) is 4.79 Å². The molecule has 80 valence electrons. The molecule has 1 aliphatic carbocycles. The number of carbonyl (C=O) groups is 1. The average molecular weight is 195 g/mol. The summed E-state index contributed by atoms with van der Waals surface area (Å²) in [5.41, 5.74) is 0. The first kappa shape index (κ1) is 10.2. The van der Waals surface area contributed by atoms with E-state index in [1.165, 1.54) is 32.2 Å². The van der Waals surface area contributed by atoms with E-state index >= 15 is 0 Å². The monoisotopic (exact) mass is 195 g/mol. The third-order valence-electron chi connectivity index (χ3n) is 3.86. The van der Waals surface area contributed by atoms with Crippen LogP contribution in [0.5, 0.6) is 0 Å². The third kappa shape index (κ3) is 2.17. The van der Waals surface area contributed by atoms with Gasteiger partial charge in [0.05, 0.1) is 0 Å². The van der Waals surface area contributed by atoms with Gasteiger partial charge in [-0.1, -0.05) is 6.42 Å². The van der Waals surface area contributed by atoms with Gasteiger partial charge in [-0.25, -0.2) is 0 Å². The number of hydrogen-bond acceptors (Lipinski definition) is 2. The molecule has 1 unspecified atom stereocenters. The topological polar surface area (TPSA) is 20.3 Å². The lowest BCUT2D eigenvalue weighted by atomic mass is 9.76. The fraction of sp³-hybridized carbons (Fsp3) is 0.917. The highest BCUT2D eigenvalue weighted by molar-refractivity contribution is 5.84. The highest BCUT2D eigenvalue weighted by atomic mass is 16.1. The number of rotatable bonds is 2. The maximum absolute atomic E-state index is 12.0. The maximum Gasteiger partial charge on any atom is 0.139 e. The van der Waals surface area contributed by atoms with E-state index in [2.05, 4.69) is 11.9 Å². The Labute approximate surface area is 86.7 Å². The molecule has 0 N–H and O–H groups in total. The third-order valence-corrected chi connectivity index (χ3v) is 3.86. The molecule has 14 heavy (non-hydrogen) atoms. The number of carbonyl (C=O) groups excluding carboxylic acids is 1. The Hall–Kier alpha value is -0.370. The summed E-state index contributed by atoms with van der Waals surface area (Å²) in [4.78, 5) is 14.4. The number of Topliss-reactive ketones (excluding diaryl/α,β-unsaturated/α-hetero) is 1. The number of nitrogens with zero attached hydrogens (tertiary/aromatic N) is 1. The molecule has 1 saturated carbocycles. The van der Waals surface area contributed by atoms with E-state index in [1.54, 1.807) is 0 Å². The Kier molecular flexibility index (Phi) is 3.22. The van der Waals surface area contributed by atoms with E-state index in [-0.39, 0.29) is 0 Å². The molecular weight excluding hydrogens is 174 g/mol. The van der Waals surface area contributed by atoms with Crippen molar-refractivity contribution in [3.63, 3.8) is 0 Å². The predicted molar refractivity (Wildman–Crippen MR) is 57.2 cm³/mol. The van der Waals surface area contributed by atoms with Crippen molar-refractivity contribution in [1.29, 1.82) is 0 Å². The number of ketones is 1. The molecular formula is C12H21NO. The van der Waals surface area contributed by atoms with Crippen molar-refractivity contribution in [2.45, 2.75) is 38.5 Å². The van der Waals surface area contributed by atoms with Crippen LogP contribution in [0.15, 0.2) is 0 Å². The molecule has 1 atom stereocenters. The highest BCUT2D eigenvalue weighted by Gasteiger charge is 2.31. The smallest absolute Gasteiger partial charge is 0.139 e. The van der Waals surface area contributed by atoms with Crippen molar-refractivity contribution in [2.24, 2.45) is 11.8 Å². The fourth-order valence-corrected chi connectivity index (χ4v) is 2.55. The van der Waals surface area contributed by atoms with E-state index in [0.717, 1.165) is 19.4 Å². The largest absolute Gasteiger partial charge is 0.306 e. The lowest BCUT2D eigenvalue weighted by Crippen LogP contribution is -2.29. The molecule has 0 amide bonds. The summed E-state index contributed by atoms with van der Waals surface area (Å²) in [6, 6.07) is 0. The van der Waals surface area contributed by atoms with Gasteiger partial charge in [-0.2, -0.15) is 0 Å². The van der Waals surface area contributed by atoms with Crippen LogP contribution in [-0.2, 0) is 4.79 Å². The molecule has 0 aromatic rings. The summed E-state index contributed by atoms with van der Waals surface area (Å²) in [5.74, 6) is 1.43. The lowest BCUT2D eigenvalue weighted by Gasteiger charge is -2.27. The van der Waals surface area contributed by atoms with Crippen molar-refractivity contribution in [1.82, 2.24) is 4.90 Å². The van der Waals surface area contributed by atoms with Gasteiger partial charge in [0, 0.05) is 11.8 Å². The Morgan fingerprint density at radius 1 is 1.00 bits per heavy atom. The minimum absolute atomic E-state index is 0.394. The zero-order valence-corrected chi connectivity index (χ0v) is 9.17. The minimum atomic E-state index is 0.394. The molecule has 2 heteroatoms. The summed E-state index contributed by atoms with van der Waals surface area (Å²) in [5, 5.41) is 0. The molecule has 1 aliphatic heterocycles. The van der Waals surface area contributed by atoms with Crippen molar-refractivity contribution < 1.29 is 4.79 Å². The van der Waals surface area contributed by atoms with Gasteiger partial charge in [0.15, 0.2) is 0 Å². The zero-order valence-electron chi connectivity index (χ0n) is 9.17. The maximum atomic E-state index is 12.0. The first-order chi connectivity index (χ1) is 6.77. The van der Waals surface area contributed by atoms with Gasteiger partial charge in [-0.15, -0.1) is 0 Å². The van der Waals surface area contributed by atoms with Crippen molar-refractivity contribution in [2.75, 3.05) is 20.1 Å². The summed E-state index contributed by atoms with van der Waals surface area (Å²) in [6.45, 7) is 2.29.